The maximum absolute atomic E-state index is 5.82. The fourth-order valence-corrected chi connectivity index (χ4v) is 1.72. The molecule has 74 valence electrons. The van der Waals surface area contributed by atoms with Gasteiger partial charge in [0.1, 0.15) is 0 Å². The number of hydrogen-bond acceptors (Lipinski definition) is 3. The standard InChI is InChI=1S/C10H14N4/c1-5-6(2)8-9(11)13-14(4)10(8)12-7(5)3/h1-4H3,(H2,11,13). The van der Waals surface area contributed by atoms with Gasteiger partial charge in [-0.15, -0.1) is 0 Å². The lowest BCUT2D eigenvalue weighted by Crippen LogP contribution is -1.96. The van der Waals surface area contributed by atoms with E-state index in [2.05, 4.69) is 23.9 Å². The lowest BCUT2D eigenvalue weighted by Gasteiger charge is -2.05. The molecule has 2 N–H and O–H groups in total. The zero-order chi connectivity index (χ0) is 10.5. The van der Waals surface area contributed by atoms with Gasteiger partial charge in [0.05, 0.1) is 5.39 Å². The minimum absolute atomic E-state index is 0.565. The zero-order valence-electron chi connectivity index (χ0n) is 8.92. The molecule has 4 heteroatoms. The van der Waals surface area contributed by atoms with Crippen molar-refractivity contribution in [3.8, 4) is 0 Å². The summed E-state index contributed by atoms with van der Waals surface area (Å²) >= 11 is 0. The van der Waals surface area contributed by atoms with Gasteiger partial charge in [0.2, 0.25) is 0 Å². The van der Waals surface area contributed by atoms with Crippen molar-refractivity contribution in [2.45, 2.75) is 20.8 Å². The molecule has 0 atom stereocenters. The Morgan fingerprint density at radius 3 is 2.43 bits per heavy atom. The second-order valence-electron chi connectivity index (χ2n) is 3.65. The molecule has 0 aliphatic heterocycles. The van der Waals surface area contributed by atoms with Crippen LogP contribution in [-0.2, 0) is 7.05 Å². The Balaban J connectivity index is 3.01. The van der Waals surface area contributed by atoms with Crippen LogP contribution in [0.4, 0.5) is 5.82 Å². The van der Waals surface area contributed by atoms with Crippen molar-refractivity contribution >= 4 is 16.9 Å². The SMILES string of the molecule is Cc1nc2c(c(N)nn2C)c(C)c1C. The van der Waals surface area contributed by atoms with E-state index in [1.807, 2.05) is 14.0 Å². The summed E-state index contributed by atoms with van der Waals surface area (Å²) in [6.45, 7) is 6.12. The molecule has 2 aromatic heterocycles. The monoisotopic (exact) mass is 190 g/mol. The van der Waals surface area contributed by atoms with E-state index in [1.165, 1.54) is 11.1 Å². The van der Waals surface area contributed by atoms with Gasteiger partial charge in [0.15, 0.2) is 11.5 Å². The minimum atomic E-state index is 0.565. The van der Waals surface area contributed by atoms with Crippen molar-refractivity contribution in [1.82, 2.24) is 14.8 Å². The molecule has 0 aliphatic rings. The zero-order valence-corrected chi connectivity index (χ0v) is 8.92. The Labute approximate surface area is 82.7 Å². The predicted molar refractivity (Wildman–Crippen MR) is 57.1 cm³/mol. The van der Waals surface area contributed by atoms with E-state index < -0.39 is 0 Å². The van der Waals surface area contributed by atoms with Gasteiger partial charge in [-0.2, -0.15) is 5.10 Å². The molecule has 0 spiro atoms. The summed E-state index contributed by atoms with van der Waals surface area (Å²) in [5.74, 6) is 0.565. The molecular weight excluding hydrogens is 176 g/mol. The van der Waals surface area contributed by atoms with Crippen LogP contribution in [0.3, 0.4) is 0 Å². The van der Waals surface area contributed by atoms with Gasteiger partial charge in [-0.1, -0.05) is 0 Å². The molecule has 0 saturated heterocycles. The number of hydrogen-bond donors (Lipinski definition) is 1. The molecule has 0 aliphatic carbocycles. The fourth-order valence-electron chi connectivity index (χ4n) is 1.72. The smallest absolute Gasteiger partial charge is 0.160 e. The number of nitrogens with two attached hydrogens (primary N) is 1. The molecule has 2 aromatic rings. The van der Waals surface area contributed by atoms with Crippen molar-refractivity contribution in [1.29, 1.82) is 0 Å². The van der Waals surface area contributed by atoms with Crippen molar-refractivity contribution in [2.75, 3.05) is 5.73 Å². The summed E-state index contributed by atoms with van der Waals surface area (Å²) in [5, 5.41) is 5.15. The summed E-state index contributed by atoms with van der Waals surface area (Å²) in [6.07, 6.45) is 0. The van der Waals surface area contributed by atoms with Gasteiger partial charge < -0.3 is 5.73 Å². The van der Waals surface area contributed by atoms with Crippen LogP contribution in [0.5, 0.6) is 0 Å². The highest BCUT2D eigenvalue weighted by Gasteiger charge is 2.12. The quantitative estimate of drug-likeness (QED) is 0.684. The van der Waals surface area contributed by atoms with Gasteiger partial charge in [0.25, 0.3) is 0 Å². The Bertz CT molecular complexity index is 511. The predicted octanol–water partition coefficient (Wildman–Crippen LogP) is 1.48. The van der Waals surface area contributed by atoms with E-state index in [0.29, 0.717) is 5.82 Å². The van der Waals surface area contributed by atoms with Crippen LogP contribution in [0.1, 0.15) is 16.8 Å². The molecule has 14 heavy (non-hydrogen) atoms. The number of rotatable bonds is 0. The van der Waals surface area contributed by atoms with Crippen molar-refractivity contribution in [3.05, 3.63) is 16.8 Å². The molecule has 0 aromatic carbocycles. The van der Waals surface area contributed by atoms with Crippen LogP contribution in [0.25, 0.3) is 11.0 Å². The van der Waals surface area contributed by atoms with E-state index in [-0.39, 0.29) is 0 Å². The minimum Gasteiger partial charge on any atom is -0.382 e. The maximum atomic E-state index is 5.82. The number of pyridine rings is 1. The van der Waals surface area contributed by atoms with Gasteiger partial charge in [-0.3, -0.25) is 0 Å². The van der Waals surface area contributed by atoms with Crippen LogP contribution in [0, 0.1) is 20.8 Å². The second-order valence-corrected chi connectivity index (χ2v) is 3.65. The van der Waals surface area contributed by atoms with Crippen LogP contribution < -0.4 is 5.73 Å². The summed E-state index contributed by atoms with van der Waals surface area (Å²) in [5.41, 5.74) is 10.1. The first-order valence-corrected chi connectivity index (χ1v) is 4.58. The Morgan fingerprint density at radius 1 is 1.14 bits per heavy atom. The molecule has 0 fully saturated rings. The summed E-state index contributed by atoms with van der Waals surface area (Å²) in [6, 6.07) is 0. The van der Waals surface area contributed by atoms with Gasteiger partial charge in [-0.05, 0) is 31.9 Å². The first kappa shape index (κ1) is 8.99. The van der Waals surface area contributed by atoms with Crippen LogP contribution in [0.2, 0.25) is 0 Å². The Kier molecular flexibility index (Phi) is 1.74. The van der Waals surface area contributed by atoms with E-state index in [9.17, 15) is 0 Å². The molecule has 0 amide bonds. The topological polar surface area (TPSA) is 56.7 Å². The maximum Gasteiger partial charge on any atom is 0.160 e. The molecule has 2 heterocycles. The number of nitrogens with zero attached hydrogens (tertiary/aromatic N) is 3. The lowest BCUT2D eigenvalue weighted by molar-refractivity contribution is 0.789. The largest absolute Gasteiger partial charge is 0.382 e. The third-order valence-electron chi connectivity index (χ3n) is 2.80. The van der Waals surface area contributed by atoms with Crippen LogP contribution in [-0.4, -0.2) is 14.8 Å². The van der Waals surface area contributed by atoms with Crippen molar-refractivity contribution < 1.29 is 0 Å². The van der Waals surface area contributed by atoms with E-state index >= 15 is 0 Å². The lowest BCUT2D eigenvalue weighted by atomic mass is 10.1. The summed E-state index contributed by atoms with van der Waals surface area (Å²) in [4.78, 5) is 4.48. The molecule has 2 rings (SSSR count). The van der Waals surface area contributed by atoms with Crippen LogP contribution >= 0.6 is 0 Å². The number of nitrogen functional groups attached to an aromatic ring is 1. The van der Waals surface area contributed by atoms with Crippen molar-refractivity contribution in [3.63, 3.8) is 0 Å². The average molecular weight is 190 g/mol. The third-order valence-corrected chi connectivity index (χ3v) is 2.80. The van der Waals surface area contributed by atoms with E-state index in [1.54, 1.807) is 4.68 Å². The normalized spacial score (nSPS) is 11.1. The number of anilines is 1. The molecule has 0 radical (unpaired) electrons. The van der Waals surface area contributed by atoms with Crippen LogP contribution in [0.15, 0.2) is 0 Å². The van der Waals surface area contributed by atoms with Gasteiger partial charge >= 0.3 is 0 Å². The molecule has 0 bridgehead atoms. The molecule has 0 saturated carbocycles. The van der Waals surface area contributed by atoms with E-state index in [4.69, 9.17) is 5.73 Å². The third kappa shape index (κ3) is 0.999. The first-order valence-electron chi connectivity index (χ1n) is 4.58. The number of aromatic nitrogens is 3. The van der Waals surface area contributed by atoms with Gasteiger partial charge in [-0.25, -0.2) is 9.67 Å². The highest BCUT2D eigenvalue weighted by molar-refractivity contribution is 5.90. The van der Waals surface area contributed by atoms with E-state index in [0.717, 1.165) is 16.7 Å². The second kappa shape index (κ2) is 2.70. The molecule has 4 nitrogen and oxygen atoms in total. The van der Waals surface area contributed by atoms with Gasteiger partial charge in [0, 0.05) is 12.7 Å². The summed E-state index contributed by atoms with van der Waals surface area (Å²) in [7, 11) is 1.86. The first-order chi connectivity index (χ1) is 6.52. The Hall–Kier alpha value is -1.58. The number of fused-ring (bicyclic) bond motifs is 1. The highest BCUT2D eigenvalue weighted by Crippen LogP contribution is 2.25. The molecule has 0 unspecified atom stereocenters. The fraction of sp³-hybridized carbons (Fsp3) is 0.400. The van der Waals surface area contributed by atoms with Crippen molar-refractivity contribution in [2.24, 2.45) is 7.05 Å². The average Bonchev–Trinajstić information content (AvgIpc) is 2.38. The Morgan fingerprint density at radius 2 is 1.79 bits per heavy atom. The summed E-state index contributed by atoms with van der Waals surface area (Å²) < 4.78 is 1.73. The number of aryl methyl sites for hydroxylation is 3. The molecular formula is C10H14N4. The highest BCUT2D eigenvalue weighted by atomic mass is 15.3.